The highest BCUT2D eigenvalue weighted by molar-refractivity contribution is 7.97. The van der Waals surface area contributed by atoms with Crippen molar-refractivity contribution in [3.63, 3.8) is 0 Å². The van der Waals surface area contributed by atoms with E-state index in [1.165, 1.54) is 25.1 Å². The summed E-state index contributed by atoms with van der Waals surface area (Å²) in [5.74, 6) is -0.374. The predicted octanol–water partition coefficient (Wildman–Crippen LogP) is 1.66. The second-order valence-corrected chi connectivity index (χ2v) is 3.00. The molecule has 0 aliphatic heterocycles. The molecule has 0 spiro atoms. The summed E-state index contributed by atoms with van der Waals surface area (Å²) in [6.07, 6.45) is 0. The molecule has 1 aromatic rings. The summed E-state index contributed by atoms with van der Waals surface area (Å²) in [6.45, 7) is 1.39. The molecule has 0 aliphatic carbocycles. The summed E-state index contributed by atoms with van der Waals surface area (Å²) in [5, 5.41) is 8.77. The molecule has 13 heavy (non-hydrogen) atoms. The van der Waals surface area contributed by atoms with Crippen molar-refractivity contribution in [3.8, 4) is 5.75 Å². The van der Waals surface area contributed by atoms with Gasteiger partial charge >= 0.3 is 0 Å². The molecule has 0 unspecified atom stereocenters. The van der Waals surface area contributed by atoms with Crippen molar-refractivity contribution in [1.29, 1.82) is 0 Å². The van der Waals surface area contributed by atoms with Gasteiger partial charge in [-0.05, 0) is 19.1 Å². The minimum absolute atomic E-state index is 0.105. The molecule has 0 heterocycles. The number of rotatable bonds is 2. The number of benzene rings is 1. The zero-order valence-electron chi connectivity index (χ0n) is 6.94. The second kappa shape index (κ2) is 3.62. The van der Waals surface area contributed by atoms with E-state index in [-0.39, 0.29) is 17.1 Å². The van der Waals surface area contributed by atoms with Crippen molar-refractivity contribution in [3.05, 3.63) is 29.3 Å². The fourth-order valence-electron chi connectivity index (χ4n) is 0.931. The minimum atomic E-state index is -0.521. The summed E-state index contributed by atoms with van der Waals surface area (Å²) in [7, 11) is 0. The van der Waals surface area contributed by atoms with Crippen LogP contribution in [0, 0.1) is 0 Å². The fourth-order valence-corrected chi connectivity index (χ4v) is 1.12. The van der Waals surface area contributed by atoms with Gasteiger partial charge in [0.1, 0.15) is 5.75 Å². The Morgan fingerprint density at radius 2 is 2.00 bits per heavy atom. The Bertz CT molecular complexity index is 371. The third-order valence-corrected chi connectivity index (χ3v) is 1.88. The maximum atomic E-state index is 10.9. The van der Waals surface area contributed by atoms with Crippen LogP contribution in [0.1, 0.15) is 27.6 Å². The number of phenolic OH excluding ortho intramolecular Hbond substituents is 1. The Morgan fingerprint density at radius 3 is 2.38 bits per heavy atom. The first-order valence-electron chi connectivity index (χ1n) is 3.59. The second-order valence-electron chi connectivity index (χ2n) is 2.59. The summed E-state index contributed by atoms with van der Waals surface area (Å²) in [5.41, 5.74) is 0.476. The molecule has 0 atom stereocenters. The smallest absolute Gasteiger partial charge is 0.220 e. The molecule has 3 nitrogen and oxygen atoms in total. The van der Waals surface area contributed by atoms with E-state index >= 15 is 0 Å². The Balaban J connectivity index is 3.20. The van der Waals surface area contributed by atoms with Gasteiger partial charge in [0.15, 0.2) is 5.78 Å². The fraction of sp³-hybridized carbons (Fsp3) is 0.111. The molecule has 0 amide bonds. The van der Waals surface area contributed by atoms with Gasteiger partial charge in [-0.15, -0.1) is 12.6 Å². The van der Waals surface area contributed by atoms with E-state index in [0.717, 1.165) is 0 Å². The normalized spacial score (nSPS) is 9.69. The molecule has 1 aromatic carbocycles. The molecule has 1 N–H and O–H groups in total. The van der Waals surface area contributed by atoms with Crippen LogP contribution in [0.5, 0.6) is 5.75 Å². The number of aromatic hydroxyl groups is 1. The number of hydrogen-bond acceptors (Lipinski definition) is 3. The van der Waals surface area contributed by atoms with Crippen LogP contribution in [-0.2, 0) is 0 Å². The highest BCUT2D eigenvalue weighted by Crippen LogP contribution is 2.20. The molecule has 0 radical (unpaired) electrons. The first-order chi connectivity index (χ1) is 6.02. The van der Waals surface area contributed by atoms with Crippen LogP contribution in [0.3, 0.4) is 0 Å². The van der Waals surface area contributed by atoms with E-state index in [1.54, 1.807) is 0 Å². The summed E-state index contributed by atoms with van der Waals surface area (Å²) >= 11 is 3.56. The van der Waals surface area contributed by atoms with E-state index in [0.29, 0.717) is 5.56 Å². The number of thiol groups is 1. The highest BCUT2D eigenvalue weighted by atomic mass is 32.1. The van der Waals surface area contributed by atoms with Gasteiger partial charge in [-0.25, -0.2) is 0 Å². The number of Topliss-reactive ketones (excluding diaryl/α,β-unsaturated/α-hetero) is 1. The Hall–Kier alpha value is -1.29. The lowest BCUT2D eigenvalue weighted by molar-refractivity contribution is 0.101. The van der Waals surface area contributed by atoms with Gasteiger partial charge in [0.2, 0.25) is 5.12 Å². The van der Waals surface area contributed by atoms with Crippen LogP contribution in [0.4, 0.5) is 0 Å². The van der Waals surface area contributed by atoms with Crippen molar-refractivity contribution < 1.29 is 14.7 Å². The first kappa shape index (κ1) is 9.80. The summed E-state index contributed by atoms with van der Waals surface area (Å²) in [4.78, 5) is 21.6. The average Bonchev–Trinajstić information content (AvgIpc) is 2.03. The average molecular weight is 196 g/mol. The van der Waals surface area contributed by atoms with Crippen LogP contribution in [-0.4, -0.2) is 16.0 Å². The number of ketones is 1. The molecule has 0 aromatic heterocycles. The Morgan fingerprint density at radius 1 is 1.38 bits per heavy atom. The highest BCUT2D eigenvalue weighted by Gasteiger charge is 2.09. The van der Waals surface area contributed by atoms with Crippen molar-refractivity contribution in [2.45, 2.75) is 6.92 Å². The molecular weight excluding hydrogens is 188 g/mol. The summed E-state index contributed by atoms with van der Waals surface area (Å²) in [6, 6.07) is 4.11. The van der Waals surface area contributed by atoms with Crippen LogP contribution in [0.25, 0.3) is 0 Å². The molecule has 68 valence electrons. The molecule has 0 aliphatic rings. The lowest BCUT2D eigenvalue weighted by Gasteiger charge is -2.01. The predicted molar refractivity (Wildman–Crippen MR) is 51.4 cm³/mol. The number of hydrogen-bond donors (Lipinski definition) is 2. The van der Waals surface area contributed by atoms with Gasteiger partial charge < -0.3 is 5.11 Å². The van der Waals surface area contributed by atoms with Gasteiger partial charge in [0.25, 0.3) is 0 Å². The van der Waals surface area contributed by atoms with E-state index in [9.17, 15) is 14.7 Å². The number of carbonyl (C=O) groups excluding carboxylic acids is 2. The lowest BCUT2D eigenvalue weighted by Crippen LogP contribution is -1.95. The monoisotopic (exact) mass is 196 g/mol. The number of phenols is 1. The van der Waals surface area contributed by atoms with Crippen LogP contribution in [0.15, 0.2) is 18.2 Å². The third-order valence-electron chi connectivity index (χ3n) is 1.63. The standard InChI is InChI=1S/C9H8O3S/c1-5(10)6-2-3-7(9(12)13)8(11)4-6/h2-4,11H,1H3,(H,12,13). The molecule has 1 rings (SSSR count). The lowest BCUT2D eigenvalue weighted by atomic mass is 10.1. The number of carbonyl (C=O) groups is 2. The third kappa shape index (κ3) is 2.09. The zero-order chi connectivity index (χ0) is 10.0. The van der Waals surface area contributed by atoms with Gasteiger partial charge in [-0.1, -0.05) is 6.07 Å². The molecule has 0 fully saturated rings. The quantitative estimate of drug-likeness (QED) is 0.558. The molecule has 0 saturated carbocycles. The maximum absolute atomic E-state index is 10.9. The molecule has 0 bridgehead atoms. The van der Waals surface area contributed by atoms with E-state index in [4.69, 9.17) is 0 Å². The zero-order valence-corrected chi connectivity index (χ0v) is 7.84. The molecule has 0 saturated heterocycles. The van der Waals surface area contributed by atoms with Crippen LogP contribution in [0.2, 0.25) is 0 Å². The maximum Gasteiger partial charge on any atom is 0.220 e. The first-order valence-corrected chi connectivity index (χ1v) is 4.04. The largest absolute Gasteiger partial charge is 0.507 e. The van der Waals surface area contributed by atoms with E-state index in [2.05, 4.69) is 12.6 Å². The van der Waals surface area contributed by atoms with E-state index in [1.807, 2.05) is 0 Å². The minimum Gasteiger partial charge on any atom is -0.507 e. The molecule has 4 heteroatoms. The SMILES string of the molecule is CC(=O)c1ccc(C(=O)S)c(O)c1. The van der Waals surface area contributed by atoms with Crippen molar-refractivity contribution in [2.24, 2.45) is 0 Å². The Labute approximate surface area is 80.8 Å². The van der Waals surface area contributed by atoms with E-state index < -0.39 is 5.12 Å². The topological polar surface area (TPSA) is 54.4 Å². The Kier molecular flexibility index (Phi) is 2.72. The van der Waals surface area contributed by atoms with Gasteiger partial charge in [0.05, 0.1) is 5.56 Å². The van der Waals surface area contributed by atoms with Crippen molar-refractivity contribution in [1.82, 2.24) is 0 Å². The molecular formula is C9H8O3S. The van der Waals surface area contributed by atoms with Crippen molar-refractivity contribution in [2.75, 3.05) is 0 Å². The van der Waals surface area contributed by atoms with Gasteiger partial charge in [-0.3, -0.25) is 9.59 Å². The summed E-state index contributed by atoms with van der Waals surface area (Å²) < 4.78 is 0. The van der Waals surface area contributed by atoms with Crippen molar-refractivity contribution >= 4 is 23.5 Å². The van der Waals surface area contributed by atoms with Gasteiger partial charge in [-0.2, -0.15) is 0 Å². The van der Waals surface area contributed by atoms with Crippen LogP contribution < -0.4 is 0 Å². The van der Waals surface area contributed by atoms with Crippen LogP contribution >= 0.6 is 12.6 Å². The van der Waals surface area contributed by atoms with Gasteiger partial charge in [0, 0.05) is 5.56 Å².